The highest BCUT2D eigenvalue weighted by atomic mass is 35.5. The number of aryl methyl sites for hydroxylation is 1. The van der Waals surface area contributed by atoms with Crippen LogP contribution in [-0.2, 0) is 11.8 Å². The summed E-state index contributed by atoms with van der Waals surface area (Å²) in [5.41, 5.74) is 2.75. The number of nitriles is 1. The summed E-state index contributed by atoms with van der Waals surface area (Å²) < 4.78 is 12.7. The number of hydrogen-bond donors (Lipinski definition) is 2. The fourth-order valence-electron chi connectivity index (χ4n) is 3.58. The van der Waals surface area contributed by atoms with Crippen LogP contribution in [0.4, 0.5) is 17.1 Å². The highest BCUT2D eigenvalue weighted by molar-refractivity contribution is 6.31. The molecule has 1 atom stereocenters. The molecule has 1 unspecified atom stereocenters. The Morgan fingerprint density at radius 3 is 3.07 bits per heavy atom. The van der Waals surface area contributed by atoms with Gasteiger partial charge in [0.25, 0.3) is 5.56 Å². The van der Waals surface area contributed by atoms with Crippen LogP contribution in [-0.4, -0.2) is 35.9 Å². The third-order valence-electron chi connectivity index (χ3n) is 5.08. The van der Waals surface area contributed by atoms with E-state index < -0.39 is 0 Å². The lowest BCUT2D eigenvalue weighted by atomic mass is 10.1. The first kappa shape index (κ1) is 20.0. The van der Waals surface area contributed by atoms with E-state index in [0.717, 1.165) is 16.6 Å². The lowest BCUT2D eigenvalue weighted by molar-refractivity contribution is 0.176. The van der Waals surface area contributed by atoms with Crippen LogP contribution < -0.4 is 20.9 Å². The molecule has 0 saturated carbocycles. The van der Waals surface area contributed by atoms with Crippen molar-refractivity contribution in [2.45, 2.75) is 12.5 Å². The Bertz CT molecular complexity index is 1220. The Morgan fingerprint density at radius 1 is 1.47 bits per heavy atom. The van der Waals surface area contributed by atoms with Crippen LogP contribution in [0.3, 0.4) is 0 Å². The minimum Gasteiger partial charge on any atom is -0.486 e. The third kappa shape index (κ3) is 3.54. The number of nitrogens with zero attached hydrogens (tertiary/aromatic N) is 3. The second-order valence-electron chi connectivity index (χ2n) is 7.00. The summed E-state index contributed by atoms with van der Waals surface area (Å²) in [4.78, 5) is 16.8. The van der Waals surface area contributed by atoms with E-state index in [0.29, 0.717) is 36.8 Å². The second kappa shape index (κ2) is 8.22. The van der Waals surface area contributed by atoms with Crippen LogP contribution in [0.15, 0.2) is 35.3 Å². The Hall–Kier alpha value is -3.28. The Kier molecular flexibility index (Phi) is 5.48. The van der Waals surface area contributed by atoms with Gasteiger partial charge in [-0.3, -0.25) is 4.79 Å². The first-order valence-electron chi connectivity index (χ1n) is 9.40. The fraction of sp³-hybridized carbons (Fsp3) is 0.286. The Balaban J connectivity index is 1.85. The summed E-state index contributed by atoms with van der Waals surface area (Å²) in [6.07, 6.45) is 2.25. The lowest BCUT2D eigenvalue weighted by Gasteiger charge is -2.19. The van der Waals surface area contributed by atoms with Gasteiger partial charge < -0.3 is 24.7 Å². The number of fused-ring (bicyclic) bond motifs is 3. The molecule has 9 heteroatoms. The number of aromatic nitrogens is 2. The molecule has 1 aromatic carbocycles. The summed E-state index contributed by atoms with van der Waals surface area (Å²) in [5, 5.41) is 17.0. The first-order chi connectivity index (χ1) is 14.5. The lowest BCUT2D eigenvalue weighted by Crippen LogP contribution is -2.25. The number of halogens is 1. The molecule has 0 radical (unpaired) electrons. The molecule has 0 fully saturated rings. The number of rotatable bonds is 4. The van der Waals surface area contributed by atoms with Gasteiger partial charge in [-0.15, -0.1) is 0 Å². The van der Waals surface area contributed by atoms with Gasteiger partial charge in [0.15, 0.2) is 0 Å². The fourth-order valence-corrected chi connectivity index (χ4v) is 3.78. The molecule has 1 aliphatic rings. The normalized spacial score (nSPS) is 15.5. The molecular weight excluding hydrogens is 406 g/mol. The molecule has 2 aromatic heterocycles. The van der Waals surface area contributed by atoms with Crippen molar-refractivity contribution in [2.24, 2.45) is 7.05 Å². The monoisotopic (exact) mass is 425 g/mol. The molecule has 3 aromatic rings. The molecule has 30 heavy (non-hydrogen) atoms. The van der Waals surface area contributed by atoms with Crippen LogP contribution >= 0.6 is 11.6 Å². The van der Waals surface area contributed by atoms with Crippen LogP contribution in [0.5, 0.6) is 5.75 Å². The summed E-state index contributed by atoms with van der Waals surface area (Å²) in [5.74, 6) is 0.297. The maximum atomic E-state index is 12.8. The predicted octanol–water partition coefficient (Wildman–Crippen LogP) is 3.41. The van der Waals surface area contributed by atoms with Crippen molar-refractivity contribution < 1.29 is 9.47 Å². The van der Waals surface area contributed by atoms with Gasteiger partial charge in [0.2, 0.25) is 5.75 Å². The van der Waals surface area contributed by atoms with Gasteiger partial charge in [-0.25, -0.2) is 4.98 Å². The van der Waals surface area contributed by atoms with Gasteiger partial charge in [0, 0.05) is 37.8 Å². The average molecular weight is 426 g/mol. The van der Waals surface area contributed by atoms with Crippen molar-refractivity contribution in [1.29, 1.82) is 5.26 Å². The van der Waals surface area contributed by atoms with E-state index in [1.165, 1.54) is 6.20 Å². The molecule has 0 saturated heterocycles. The van der Waals surface area contributed by atoms with E-state index in [2.05, 4.69) is 21.7 Å². The van der Waals surface area contributed by atoms with E-state index in [4.69, 9.17) is 21.1 Å². The summed E-state index contributed by atoms with van der Waals surface area (Å²) in [6.45, 7) is 0.923. The highest BCUT2D eigenvalue weighted by Gasteiger charge is 2.23. The van der Waals surface area contributed by atoms with Gasteiger partial charge >= 0.3 is 0 Å². The molecule has 4 rings (SSSR count). The van der Waals surface area contributed by atoms with E-state index in [1.807, 2.05) is 18.2 Å². The Labute approximate surface area is 178 Å². The van der Waals surface area contributed by atoms with Crippen LogP contribution in [0, 0.1) is 11.3 Å². The van der Waals surface area contributed by atoms with Crippen LogP contribution in [0.2, 0.25) is 5.15 Å². The van der Waals surface area contributed by atoms with Crippen molar-refractivity contribution in [3.8, 4) is 11.8 Å². The zero-order valence-electron chi connectivity index (χ0n) is 16.5. The van der Waals surface area contributed by atoms with E-state index in [1.54, 1.807) is 24.8 Å². The first-order valence-corrected chi connectivity index (χ1v) is 9.78. The predicted molar refractivity (Wildman–Crippen MR) is 116 cm³/mol. The number of benzene rings is 1. The second-order valence-corrected chi connectivity index (χ2v) is 7.35. The molecule has 0 aliphatic carbocycles. The van der Waals surface area contributed by atoms with Gasteiger partial charge in [0.05, 0.1) is 36.1 Å². The summed E-state index contributed by atoms with van der Waals surface area (Å²) in [7, 11) is 3.36. The van der Waals surface area contributed by atoms with Crippen molar-refractivity contribution >= 4 is 39.6 Å². The number of methoxy groups -OCH3 is 1. The Morgan fingerprint density at radius 2 is 2.30 bits per heavy atom. The van der Waals surface area contributed by atoms with Crippen molar-refractivity contribution in [1.82, 2.24) is 9.55 Å². The maximum Gasteiger partial charge on any atom is 0.295 e. The van der Waals surface area contributed by atoms with Gasteiger partial charge in [-0.1, -0.05) is 11.6 Å². The number of nitrogens with one attached hydrogen (secondary N) is 2. The molecule has 2 N–H and O–H groups in total. The smallest absolute Gasteiger partial charge is 0.295 e. The quantitative estimate of drug-likeness (QED) is 0.617. The number of anilines is 3. The summed E-state index contributed by atoms with van der Waals surface area (Å²) >= 11 is 6.04. The molecule has 0 bridgehead atoms. The SMILES string of the molecule is COCC1CCOc2c(c3cc(Nc4ccnc(Cl)c4C#N)ccc3n(C)c2=O)N1. The molecule has 3 heterocycles. The highest BCUT2D eigenvalue weighted by Crippen LogP contribution is 2.35. The maximum absolute atomic E-state index is 12.8. The minimum atomic E-state index is -0.198. The van der Waals surface area contributed by atoms with Crippen molar-refractivity contribution in [3.63, 3.8) is 0 Å². The standard InChI is InChI=1S/C21H20ClN5O3/c1-27-17-4-3-12(25-16-5-7-24-20(22)15(16)10-23)9-14(17)18-19(21(27)28)30-8-6-13(26-18)11-29-2/h3-5,7,9,13,26H,6,8,11H2,1-2H3,(H,24,25). The molecule has 0 amide bonds. The van der Waals surface area contributed by atoms with Crippen LogP contribution in [0.25, 0.3) is 10.9 Å². The number of hydrogen-bond acceptors (Lipinski definition) is 7. The third-order valence-corrected chi connectivity index (χ3v) is 5.36. The minimum absolute atomic E-state index is 0.0207. The average Bonchev–Trinajstić information content (AvgIpc) is 2.95. The topological polar surface area (TPSA) is 101 Å². The van der Waals surface area contributed by atoms with Gasteiger partial charge in [0.1, 0.15) is 16.8 Å². The van der Waals surface area contributed by atoms with Crippen molar-refractivity contribution in [3.05, 3.63) is 51.5 Å². The van der Waals surface area contributed by atoms with Crippen LogP contribution in [0.1, 0.15) is 12.0 Å². The van der Waals surface area contributed by atoms with Crippen molar-refractivity contribution in [2.75, 3.05) is 31.0 Å². The molecule has 1 aliphatic heterocycles. The molecular formula is C21H20ClN5O3. The molecule has 8 nitrogen and oxygen atoms in total. The van der Waals surface area contributed by atoms with Gasteiger partial charge in [-0.05, 0) is 24.3 Å². The molecule has 154 valence electrons. The van der Waals surface area contributed by atoms with Gasteiger partial charge in [-0.2, -0.15) is 5.26 Å². The van der Waals surface area contributed by atoms with E-state index >= 15 is 0 Å². The zero-order valence-corrected chi connectivity index (χ0v) is 17.3. The molecule has 0 spiro atoms. The van der Waals surface area contributed by atoms with E-state index in [-0.39, 0.29) is 22.3 Å². The summed E-state index contributed by atoms with van der Waals surface area (Å²) in [6, 6.07) is 9.38. The van der Waals surface area contributed by atoms with E-state index in [9.17, 15) is 10.1 Å². The number of ether oxygens (including phenoxy) is 2. The largest absolute Gasteiger partial charge is 0.486 e. The number of pyridine rings is 2. The zero-order chi connectivity index (χ0) is 21.3.